The molecule has 0 aromatic heterocycles. The molecule has 1 N–H and O–H groups in total. The number of carbonyl (C=O) groups is 1. The fraction of sp³-hybridized carbons (Fsp3) is 0.414. The molecule has 4 atom stereocenters. The lowest BCUT2D eigenvalue weighted by Crippen LogP contribution is -2.58. The van der Waals surface area contributed by atoms with E-state index in [1.807, 2.05) is 44.2 Å². The lowest BCUT2D eigenvalue weighted by Gasteiger charge is -2.53. The lowest BCUT2D eigenvalue weighted by molar-refractivity contribution is -0.153. The Morgan fingerprint density at radius 2 is 1.86 bits per heavy atom. The van der Waals surface area contributed by atoms with Gasteiger partial charge in [0.15, 0.2) is 0 Å². The highest BCUT2D eigenvalue weighted by atomic mass is 35.5. The molecular formula is C29H33Cl2F3N2O. The van der Waals surface area contributed by atoms with Crippen LogP contribution >= 0.6 is 23.2 Å². The van der Waals surface area contributed by atoms with E-state index in [0.717, 1.165) is 11.1 Å². The van der Waals surface area contributed by atoms with Crippen LogP contribution in [0.2, 0.25) is 10.0 Å². The summed E-state index contributed by atoms with van der Waals surface area (Å²) in [6.07, 6.45) is -1.35. The summed E-state index contributed by atoms with van der Waals surface area (Å²) < 4.78 is 38.9. The van der Waals surface area contributed by atoms with Crippen molar-refractivity contribution in [3.63, 3.8) is 0 Å². The SMILES string of the molecule is C=CCC1(C(=C)C)C[C@H](c2cccc(Cl)c2)C(c2ccc(Cl)cc2)N(C(CC)CNCC(F)(F)F)C1=O. The van der Waals surface area contributed by atoms with E-state index in [4.69, 9.17) is 23.2 Å². The largest absolute Gasteiger partial charge is 0.401 e. The zero-order valence-corrected chi connectivity index (χ0v) is 22.6. The van der Waals surface area contributed by atoms with Crippen molar-refractivity contribution in [2.24, 2.45) is 5.41 Å². The Morgan fingerprint density at radius 3 is 2.41 bits per heavy atom. The molecule has 0 bridgehead atoms. The number of nitrogens with zero attached hydrogens (tertiary/aromatic N) is 1. The summed E-state index contributed by atoms with van der Waals surface area (Å²) in [4.78, 5) is 16.2. The van der Waals surface area contributed by atoms with Gasteiger partial charge >= 0.3 is 6.18 Å². The minimum absolute atomic E-state index is 0.00549. The van der Waals surface area contributed by atoms with Gasteiger partial charge in [-0.25, -0.2) is 0 Å². The highest BCUT2D eigenvalue weighted by molar-refractivity contribution is 6.30. The van der Waals surface area contributed by atoms with E-state index >= 15 is 0 Å². The zero-order valence-electron chi connectivity index (χ0n) is 21.1. The van der Waals surface area contributed by atoms with Gasteiger partial charge < -0.3 is 10.2 Å². The van der Waals surface area contributed by atoms with Gasteiger partial charge in [0.1, 0.15) is 0 Å². The number of benzene rings is 2. The van der Waals surface area contributed by atoms with Crippen molar-refractivity contribution in [1.82, 2.24) is 10.2 Å². The second kappa shape index (κ2) is 12.1. The van der Waals surface area contributed by atoms with Crippen molar-refractivity contribution >= 4 is 29.1 Å². The maximum absolute atomic E-state index is 14.4. The maximum atomic E-state index is 14.4. The molecule has 1 aliphatic heterocycles. The van der Waals surface area contributed by atoms with Gasteiger partial charge in [-0.3, -0.25) is 4.79 Å². The van der Waals surface area contributed by atoms with Crippen LogP contribution in [0.4, 0.5) is 13.2 Å². The Kier molecular flexibility index (Phi) is 9.54. The predicted molar refractivity (Wildman–Crippen MR) is 145 cm³/mol. The van der Waals surface area contributed by atoms with Crippen LogP contribution in [0.3, 0.4) is 0 Å². The van der Waals surface area contributed by atoms with Gasteiger partial charge in [0.05, 0.1) is 18.0 Å². The van der Waals surface area contributed by atoms with E-state index in [2.05, 4.69) is 18.5 Å². The van der Waals surface area contributed by atoms with Crippen molar-refractivity contribution in [3.8, 4) is 0 Å². The minimum Gasteiger partial charge on any atom is -0.330 e. The fourth-order valence-corrected chi connectivity index (χ4v) is 5.72. The van der Waals surface area contributed by atoms with Crippen LogP contribution in [0.5, 0.6) is 0 Å². The summed E-state index contributed by atoms with van der Waals surface area (Å²) in [5, 5.41) is 3.65. The number of nitrogens with one attached hydrogen (secondary N) is 1. The summed E-state index contributed by atoms with van der Waals surface area (Å²) in [7, 11) is 0. The molecule has 0 spiro atoms. The quantitative estimate of drug-likeness (QED) is 0.302. The van der Waals surface area contributed by atoms with Crippen LogP contribution in [-0.4, -0.2) is 36.1 Å². The van der Waals surface area contributed by atoms with Crippen molar-refractivity contribution in [2.45, 2.75) is 57.3 Å². The molecule has 1 saturated heterocycles. The second-order valence-electron chi connectivity index (χ2n) is 9.74. The maximum Gasteiger partial charge on any atom is 0.401 e. The molecule has 1 aliphatic rings. The molecule has 1 heterocycles. The first kappa shape index (κ1) is 29.3. The molecule has 3 nitrogen and oxygen atoms in total. The Bertz CT molecular complexity index is 1120. The molecule has 0 aliphatic carbocycles. The normalized spacial score (nSPS) is 23.1. The lowest BCUT2D eigenvalue weighted by atomic mass is 9.63. The molecule has 1 amide bonds. The van der Waals surface area contributed by atoms with Gasteiger partial charge in [0.2, 0.25) is 5.91 Å². The minimum atomic E-state index is -4.35. The molecule has 8 heteroatoms. The number of hydrogen-bond acceptors (Lipinski definition) is 2. The summed E-state index contributed by atoms with van der Waals surface area (Å²) >= 11 is 12.6. The molecule has 3 unspecified atom stereocenters. The molecular weight excluding hydrogens is 520 g/mol. The van der Waals surface area contributed by atoms with Crippen molar-refractivity contribution in [1.29, 1.82) is 0 Å². The van der Waals surface area contributed by atoms with Gasteiger partial charge in [-0.1, -0.05) is 72.6 Å². The van der Waals surface area contributed by atoms with Crippen LogP contribution in [-0.2, 0) is 4.79 Å². The molecule has 2 aromatic carbocycles. The number of amides is 1. The molecule has 2 aromatic rings. The van der Waals surface area contributed by atoms with E-state index in [0.29, 0.717) is 34.9 Å². The highest BCUT2D eigenvalue weighted by Crippen LogP contribution is 2.54. The molecule has 0 saturated carbocycles. The average Bonchev–Trinajstić information content (AvgIpc) is 2.83. The summed E-state index contributed by atoms with van der Waals surface area (Å²) in [6, 6.07) is 13.9. The first-order valence-electron chi connectivity index (χ1n) is 12.3. The summed E-state index contributed by atoms with van der Waals surface area (Å²) in [5.74, 6) is -0.357. The van der Waals surface area contributed by atoms with Gasteiger partial charge in [-0.05, 0) is 61.6 Å². The Hall–Kier alpha value is -2.28. The number of hydrogen-bond donors (Lipinski definition) is 1. The third-order valence-corrected chi connectivity index (χ3v) is 7.75. The van der Waals surface area contributed by atoms with Crippen molar-refractivity contribution in [3.05, 3.63) is 94.5 Å². The van der Waals surface area contributed by atoms with Crippen LogP contribution in [0.1, 0.15) is 56.2 Å². The number of alkyl halides is 3. The van der Waals surface area contributed by atoms with Crippen molar-refractivity contribution < 1.29 is 18.0 Å². The van der Waals surface area contributed by atoms with Crippen LogP contribution in [0, 0.1) is 5.41 Å². The average molecular weight is 553 g/mol. The molecule has 37 heavy (non-hydrogen) atoms. The van der Waals surface area contributed by atoms with E-state index in [1.54, 1.807) is 29.2 Å². The van der Waals surface area contributed by atoms with E-state index < -0.39 is 30.2 Å². The monoisotopic (exact) mass is 552 g/mol. The topological polar surface area (TPSA) is 32.3 Å². The standard InChI is InChI=1S/C29H33Cl2F3N2O/c1-5-14-28(19(3)4)16-25(21-8-7-9-23(31)15-21)26(20-10-12-22(30)13-11-20)36(27(28)37)24(6-2)17-35-18-29(32,33)34/h5,7-13,15,24-26,35H,1,3,6,14,16-18H2,2,4H3/t24?,25-,26?,28?/m1/s1. The van der Waals surface area contributed by atoms with E-state index in [-0.39, 0.29) is 18.4 Å². The van der Waals surface area contributed by atoms with Gasteiger partial charge in [0.25, 0.3) is 0 Å². The van der Waals surface area contributed by atoms with Crippen LogP contribution in [0.25, 0.3) is 0 Å². The van der Waals surface area contributed by atoms with Crippen LogP contribution < -0.4 is 5.32 Å². The number of carbonyl (C=O) groups excluding carboxylic acids is 1. The molecule has 0 radical (unpaired) electrons. The van der Waals surface area contributed by atoms with Gasteiger partial charge in [-0.2, -0.15) is 13.2 Å². The third kappa shape index (κ3) is 6.60. The number of likely N-dealkylation sites (tertiary alicyclic amines) is 1. The molecule has 3 rings (SSSR count). The summed E-state index contributed by atoms with van der Waals surface area (Å²) in [6.45, 7) is 10.7. The summed E-state index contributed by atoms with van der Waals surface area (Å²) in [5.41, 5.74) is 1.54. The molecule has 1 fully saturated rings. The van der Waals surface area contributed by atoms with Gasteiger partial charge in [-0.15, -0.1) is 6.58 Å². The number of piperidine rings is 1. The van der Waals surface area contributed by atoms with E-state index in [1.165, 1.54) is 0 Å². The first-order valence-corrected chi connectivity index (χ1v) is 13.1. The Morgan fingerprint density at radius 1 is 1.19 bits per heavy atom. The Balaban J connectivity index is 2.22. The molecule has 200 valence electrons. The van der Waals surface area contributed by atoms with E-state index in [9.17, 15) is 18.0 Å². The third-order valence-electron chi connectivity index (χ3n) is 7.26. The number of allylic oxidation sites excluding steroid dienone is 1. The predicted octanol–water partition coefficient (Wildman–Crippen LogP) is 8.12. The number of rotatable bonds is 10. The first-order chi connectivity index (χ1) is 17.4. The second-order valence-corrected chi connectivity index (χ2v) is 10.6. The smallest absolute Gasteiger partial charge is 0.330 e. The van der Waals surface area contributed by atoms with Gasteiger partial charge in [0, 0.05) is 28.5 Å². The fourth-order valence-electron chi connectivity index (χ4n) is 5.39. The van der Waals surface area contributed by atoms with Crippen molar-refractivity contribution in [2.75, 3.05) is 13.1 Å². The zero-order chi connectivity index (χ0) is 27.4. The van der Waals surface area contributed by atoms with Crippen LogP contribution in [0.15, 0.2) is 73.3 Å². The number of halogens is 5. The highest BCUT2D eigenvalue weighted by Gasteiger charge is 2.53. The Labute approximate surface area is 227 Å².